The fourth-order valence-corrected chi connectivity index (χ4v) is 2.62. The fourth-order valence-electron chi connectivity index (χ4n) is 1.84. The van der Waals surface area contributed by atoms with Crippen LogP contribution in [0.5, 0.6) is 0 Å². The zero-order valence-corrected chi connectivity index (χ0v) is 12.8. The van der Waals surface area contributed by atoms with Crippen molar-refractivity contribution >= 4 is 23.4 Å². The molecule has 0 radical (unpaired) electrons. The Morgan fingerprint density at radius 1 is 1.05 bits per heavy atom. The molecule has 0 aliphatic carbocycles. The summed E-state index contributed by atoms with van der Waals surface area (Å²) < 4.78 is 0. The Labute approximate surface area is 129 Å². The summed E-state index contributed by atoms with van der Waals surface area (Å²) in [6.07, 6.45) is 0. The van der Waals surface area contributed by atoms with Gasteiger partial charge in [0.25, 0.3) is 0 Å². The molecule has 0 heterocycles. The normalized spacial score (nSPS) is 10.4. The van der Waals surface area contributed by atoms with Gasteiger partial charge in [0.05, 0.1) is 12.4 Å². The van der Waals surface area contributed by atoms with Crippen LogP contribution in [0.3, 0.4) is 0 Å². The molecule has 3 nitrogen and oxygen atoms in total. The van der Waals surface area contributed by atoms with Crippen LogP contribution in [0.2, 0.25) is 0 Å². The maximum atomic E-state index is 11.8. The molecule has 0 aliphatic heterocycles. The first-order valence-corrected chi connectivity index (χ1v) is 7.96. The predicted molar refractivity (Wildman–Crippen MR) is 88.3 cm³/mol. The molecule has 0 atom stereocenters. The van der Waals surface area contributed by atoms with E-state index in [9.17, 15) is 4.79 Å². The lowest BCUT2D eigenvalue weighted by atomic mass is 10.2. The number of benzene rings is 2. The third kappa shape index (κ3) is 5.25. The van der Waals surface area contributed by atoms with Crippen LogP contribution in [0.4, 0.5) is 5.69 Å². The molecule has 2 aromatic rings. The molecule has 0 spiro atoms. The largest absolute Gasteiger partial charge is 0.392 e. The molecule has 0 fully saturated rings. The van der Waals surface area contributed by atoms with Crippen molar-refractivity contribution in [2.75, 3.05) is 11.1 Å². The van der Waals surface area contributed by atoms with Gasteiger partial charge in [-0.15, -0.1) is 11.8 Å². The van der Waals surface area contributed by atoms with Gasteiger partial charge in [-0.05, 0) is 30.2 Å². The van der Waals surface area contributed by atoms with Crippen molar-refractivity contribution < 1.29 is 9.90 Å². The summed E-state index contributed by atoms with van der Waals surface area (Å²) in [6.45, 7) is 2.08. The van der Waals surface area contributed by atoms with E-state index in [0.717, 1.165) is 17.0 Å². The van der Waals surface area contributed by atoms with E-state index in [1.165, 1.54) is 11.1 Å². The maximum absolute atomic E-state index is 11.8. The minimum Gasteiger partial charge on any atom is -0.392 e. The summed E-state index contributed by atoms with van der Waals surface area (Å²) in [7, 11) is 0. The number of hydrogen-bond acceptors (Lipinski definition) is 3. The number of carbonyl (C=O) groups is 1. The topological polar surface area (TPSA) is 49.3 Å². The van der Waals surface area contributed by atoms with E-state index >= 15 is 0 Å². The monoisotopic (exact) mass is 301 g/mol. The molecule has 4 heteroatoms. The van der Waals surface area contributed by atoms with Crippen molar-refractivity contribution in [3.63, 3.8) is 0 Å². The van der Waals surface area contributed by atoms with Crippen molar-refractivity contribution in [3.8, 4) is 0 Å². The Morgan fingerprint density at radius 2 is 1.67 bits per heavy atom. The maximum Gasteiger partial charge on any atom is 0.234 e. The second-order valence-corrected chi connectivity index (χ2v) is 5.87. The minimum atomic E-state index is -0.0103. The van der Waals surface area contributed by atoms with E-state index in [1.807, 2.05) is 0 Å². The van der Waals surface area contributed by atoms with E-state index < -0.39 is 0 Å². The van der Waals surface area contributed by atoms with Gasteiger partial charge in [0.1, 0.15) is 0 Å². The van der Waals surface area contributed by atoms with Gasteiger partial charge in [-0.2, -0.15) is 0 Å². The quantitative estimate of drug-likeness (QED) is 0.860. The summed E-state index contributed by atoms with van der Waals surface area (Å²) in [5, 5.41) is 11.8. The second-order valence-electron chi connectivity index (χ2n) is 4.88. The molecular weight excluding hydrogens is 282 g/mol. The third-order valence-electron chi connectivity index (χ3n) is 3.04. The van der Waals surface area contributed by atoms with Crippen LogP contribution in [0, 0.1) is 6.92 Å². The average Bonchev–Trinajstić information content (AvgIpc) is 2.50. The highest BCUT2D eigenvalue weighted by atomic mass is 32.2. The molecule has 0 unspecified atom stereocenters. The van der Waals surface area contributed by atoms with E-state index in [4.69, 9.17) is 5.11 Å². The lowest BCUT2D eigenvalue weighted by Gasteiger charge is -2.06. The SMILES string of the molecule is Cc1ccc(CSCC(=O)Nc2ccc(CO)cc2)cc1. The third-order valence-corrected chi connectivity index (χ3v) is 4.05. The fraction of sp³-hybridized carbons (Fsp3) is 0.235. The van der Waals surface area contributed by atoms with Gasteiger partial charge < -0.3 is 10.4 Å². The molecule has 0 aliphatic rings. The van der Waals surface area contributed by atoms with Crippen LogP contribution in [-0.4, -0.2) is 16.8 Å². The lowest BCUT2D eigenvalue weighted by Crippen LogP contribution is -2.14. The molecule has 2 aromatic carbocycles. The zero-order chi connectivity index (χ0) is 15.1. The molecule has 0 bridgehead atoms. The molecule has 0 saturated heterocycles. The predicted octanol–water partition coefficient (Wildman–Crippen LogP) is 3.36. The smallest absolute Gasteiger partial charge is 0.234 e. The summed E-state index contributed by atoms with van der Waals surface area (Å²) in [5.41, 5.74) is 4.06. The van der Waals surface area contributed by atoms with E-state index in [1.54, 1.807) is 36.0 Å². The van der Waals surface area contributed by atoms with Gasteiger partial charge in [-0.25, -0.2) is 0 Å². The van der Waals surface area contributed by atoms with Crippen molar-refractivity contribution in [1.82, 2.24) is 0 Å². The summed E-state index contributed by atoms with van der Waals surface area (Å²) in [4.78, 5) is 11.8. The van der Waals surface area contributed by atoms with Gasteiger partial charge in [-0.1, -0.05) is 42.0 Å². The molecular formula is C17H19NO2S. The van der Waals surface area contributed by atoms with Gasteiger partial charge in [0.15, 0.2) is 0 Å². The van der Waals surface area contributed by atoms with Crippen LogP contribution in [0.1, 0.15) is 16.7 Å². The second kappa shape index (κ2) is 7.86. The van der Waals surface area contributed by atoms with E-state index in [0.29, 0.717) is 5.75 Å². The van der Waals surface area contributed by atoms with E-state index in [2.05, 4.69) is 36.5 Å². The number of aliphatic hydroxyl groups is 1. The van der Waals surface area contributed by atoms with Crippen molar-refractivity contribution in [2.45, 2.75) is 19.3 Å². The number of nitrogens with one attached hydrogen (secondary N) is 1. The number of thioether (sulfide) groups is 1. The Kier molecular flexibility index (Phi) is 5.84. The first-order chi connectivity index (χ1) is 10.2. The molecule has 2 rings (SSSR count). The molecule has 0 saturated carbocycles. The molecule has 2 N–H and O–H groups in total. The highest BCUT2D eigenvalue weighted by Crippen LogP contribution is 2.14. The summed E-state index contributed by atoms with van der Waals surface area (Å²) in [5.74, 6) is 1.25. The Morgan fingerprint density at radius 3 is 2.29 bits per heavy atom. The number of hydrogen-bond donors (Lipinski definition) is 2. The Hall–Kier alpha value is -1.78. The van der Waals surface area contributed by atoms with Crippen LogP contribution < -0.4 is 5.32 Å². The molecule has 0 aromatic heterocycles. The highest BCUT2D eigenvalue weighted by Gasteiger charge is 2.03. The van der Waals surface area contributed by atoms with Crippen molar-refractivity contribution in [2.24, 2.45) is 0 Å². The van der Waals surface area contributed by atoms with Crippen LogP contribution in [-0.2, 0) is 17.2 Å². The number of amides is 1. The Bertz CT molecular complexity index is 579. The van der Waals surface area contributed by atoms with Crippen molar-refractivity contribution in [3.05, 3.63) is 65.2 Å². The summed E-state index contributed by atoms with van der Waals surface area (Å²) in [6, 6.07) is 15.5. The molecule has 1 amide bonds. The van der Waals surface area contributed by atoms with Gasteiger partial charge in [-0.3, -0.25) is 4.79 Å². The number of aliphatic hydroxyl groups excluding tert-OH is 1. The Balaban J connectivity index is 1.75. The number of carbonyl (C=O) groups excluding carboxylic acids is 1. The van der Waals surface area contributed by atoms with Gasteiger partial charge in [0, 0.05) is 11.4 Å². The minimum absolute atomic E-state index is 0.0103. The molecule has 110 valence electrons. The molecule has 21 heavy (non-hydrogen) atoms. The first kappa shape index (κ1) is 15.6. The number of aryl methyl sites for hydroxylation is 1. The number of anilines is 1. The van der Waals surface area contributed by atoms with E-state index in [-0.39, 0.29) is 12.5 Å². The van der Waals surface area contributed by atoms with Crippen LogP contribution >= 0.6 is 11.8 Å². The first-order valence-electron chi connectivity index (χ1n) is 6.80. The zero-order valence-electron chi connectivity index (χ0n) is 12.0. The standard InChI is InChI=1S/C17H19NO2S/c1-13-2-4-15(5-3-13)11-21-12-17(20)18-16-8-6-14(10-19)7-9-16/h2-9,19H,10-12H2,1H3,(H,18,20). The summed E-state index contributed by atoms with van der Waals surface area (Å²) >= 11 is 1.60. The lowest BCUT2D eigenvalue weighted by molar-refractivity contribution is -0.113. The van der Waals surface area contributed by atoms with Gasteiger partial charge in [0.2, 0.25) is 5.91 Å². The number of rotatable bonds is 6. The highest BCUT2D eigenvalue weighted by molar-refractivity contribution is 7.99. The average molecular weight is 301 g/mol. The van der Waals surface area contributed by atoms with Crippen LogP contribution in [0.25, 0.3) is 0 Å². The van der Waals surface area contributed by atoms with Crippen molar-refractivity contribution in [1.29, 1.82) is 0 Å². The van der Waals surface area contributed by atoms with Crippen LogP contribution in [0.15, 0.2) is 48.5 Å². The van der Waals surface area contributed by atoms with Gasteiger partial charge >= 0.3 is 0 Å².